The Morgan fingerprint density at radius 3 is 2.82 bits per heavy atom. The number of hydrogen-bond donors (Lipinski definition) is 0. The first-order chi connectivity index (χ1) is 10.6. The van der Waals surface area contributed by atoms with Crippen molar-refractivity contribution in [2.24, 2.45) is 5.92 Å². The molecular weight excluding hydrogens is 283 g/mol. The third kappa shape index (κ3) is 2.64. The molecule has 0 aliphatic rings. The molecule has 22 heavy (non-hydrogen) atoms. The van der Waals surface area contributed by atoms with Crippen molar-refractivity contribution >= 4 is 10.9 Å². The first-order valence-electron chi connectivity index (χ1n) is 7.19. The van der Waals surface area contributed by atoms with Gasteiger partial charge in [-0.2, -0.15) is 0 Å². The van der Waals surface area contributed by atoms with Crippen molar-refractivity contribution in [2.75, 3.05) is 0 Å². The van der Waals surface area contributed by atoms with Crippen molar-refractivity contribution in [3.8, 4) is 0 Å². The quantitative estimate of drug-likeness (QED) is 0.743. The van der Waals surface area contributed by atoms with Crippen molar-refractivity contribution in [1.82, 2.24) is 19.1 Å². The van der Waals surface area contributed by atoms with Gasteiger partial charge in [-0.1, -0.05) is 19.9 Å². The van der Waals surface area contributed by atoms with E-state index in [4.69, 9.17) is 0 Å². The fourth-order valence-electron chi connectivity index (χ4n) is 2.48. The van der Waals surface area contributed by atoms with E-state index in [0.29, 0.717) is 18.0 Å². The highest BCUT2D eigenvalue weighted by molar-refractivity contribution is 5.77. The number of aromatic nitrogens is 4. The van der Waals surface area contributed by atoms with Gasteiger partial charge in [-0.3, -0.25) is 9.36 Å². The third-order valence-electron chi connectivity index (χ3n) is 3.50. The van der Waals surface area contributed by atoms with Crippen LogP contribution in [0.4, 0.5) is 4.39 Å². The number of imidazole rings is 1. The molecule has 2 aromatic heterocycles. The Balaban J connectivity index is 2.02. The maximum atomic E-state index is 13.9. The van der Waals surface area contributed by atoms with Crippen LogP contribution >= 0.6 is 0 Å². The molecule has 3 aromatic rings. The highest BCUT2D eigenvalue weighted by Gasteiger charge is 2.11. The molecule has 0 saturated heterocycles. The van der Waals surface area contributed by atoms with E-state index in [1.807, 2.05) is 4.57 Å². The summed E-state index contributed by atoms with van der Waals surface area (Å²) in [4.78, 5) is 20.8. The Hall–Kier alpha value is -2.50. The van der Waals surface area contributed by atoms with Crippen LogP contribution in [-0.4, -0.2) is 19.1 Å². The van der Waals surface area contributed by atoms with Gasteiger partial charge >= 0.3 is 0 Å². The summed E-state index contributed by atoms with van der Waals surface area (Å²) in [6.45, 7) is 5.37. The van der Waals surface area contributed by atoms with Crippen LogP contribution in [0.1, 0.15) is 19.5 Å². The van der Waals surface area contributed by atoms with E-state index < -0.39 is 5.82 Å². The van der Waals surface area contributed by atoms with E-state index in [1.165, 1.54) is 17.0 Å². The molecule has 0 amide bonds. The van der Waals surface area contributed by atoms with Gasteiger partial charge < -0.3 is 4.57 Å². The lowest BCUT2D eigenvalue weighted by atomic mass is 10.2. The van der Waals surface area contributed by atoms with Gasteiger partial charge in [-0.15, -0.1) is 0 Å². The summed E-state index contributed by atoms with van der Waals surface area (Å²) < 4.78 is 17.3. The van der Waals surface area contributed by atoms with E-state index in [1.54, 1.807) is 24.7 Å². The average Bonchev–Trinajstić information content (AvgIpc) is 2.88. The van der Waals surface area contributed by atoms with Crippen LogP contribution in [0.15, 0.2) is 41.8 Å². The summed E-state index contributed by atoms with van der Waals surface area (Å²) in [5.74, 6) is -0.0723. The summed E-state index contributed by atoms with van der Waals surface area (Å²) in [6, 6.07) is 4.46. The number of rotatable bonds is 4. The van der Waals surface area contributed by atoms with Crippen LogP contribution in [0.5, 0.6) is 0 Å². The molecule has 1 aromatic carbocycles. The molecule has 0 N–H and O–H groups in total. The monoisotopic (exact) mass is 300 g/mol. The minimum absolute atomic E-state index is 0.0277. The Morgan fingerprint density at radius 1 is 1.23 bits per heavy atom. The van der Waals surface area contributed by atoms with Gasteiger partial charge in [-0.05, 0) is 18.1 Å². The zero-order valence-corrected chi connectivity index (χ0v) is 12.5. The zero-order valence-electron chi connectivity index (χ0n) is 12.5. The van der Waals surface area contributed by atoms with Gasteiger partial charge in [0.1, 0.15) is 11.2 Å². The zero-order chi connectivity index (χ0) is 15.7. The summed E-state index contributed by atoms with van der Waals surface area (Å²) in [5, 5.41) is 0.0277. The Morgan fingerprint density at radius 2 is 2.05 bits per heavy atom. The molecule has 0 fully saturated rings. The maximum absolute atomic E-state index is 13.9. The first-order valence-corrected chi connectivity index (χ1v) is 7.19. The molecule has 3 rings (SSSR count). The summed E-state index contributed by atoms with van der Waals surface area (Å²) in [5.41, 5.74) is 0.894. The van der Waals surface area contributed by atoms with Gasteiger partial charge in [0.2, 0.25) is 0 Å². The molecular formula is C16H17FN4O. The molecule has 0 atom stereocenters. The van der Waals surface area contributed by atoms with Gasteiger partial charge in [0.15, 0.2) is 0 Å². The fourth-order valence-corrected chi connectivity index (χ4v) is 2.48. The second kappa shape index (κ2) is 5.71. The highest BCUT2D eigenvalue weighted by Crippen LogP contribution is 2.11. The summed E-state index contributed by atoms with van der Waals surface area (Å²) >= 11 is 0. The predicted molar refractivity (Wildman–Crippen MR) is 82.1 cm³/mol. The van der Waals surface area contributed by atoms with Gasteiger partial charge in [0.25, 0.3) is 5.56 Å². The average molecular weight is 300 g/mol. The predicted octanol–water partition coefficient (Wildman–Crippen LogP) is 2.44. The second-order valence-corrected chi connectivity index (χ2v) is 5.74. The maximum Gasteiger partial charge on any atom is 0.264 e. The minimum Gasteiger partial charge on any atom is -0.333 e. The number of benzene rings is 1. The number of nitrogens with zero attached hydrogens (tertiary/aromatic N) is 4. The lowest BCUT2D eigenvalue weighted by Crippen LogP contribution is -2.23. The molecule has 5 nitrogen and oxygen atoms in total. The molecule has 114 valence electrons. The first kappa shape index (κ1) is 14.4. The SMILES string of the molecule is CC(C)Cn1cncc1Cn1cnc2cccc(F)c2c1=O. The molecule has 0 bridgehead atoms. The van der Waals surface area contributed by atoms with Crippen LogP contribution in [0, 0.1) is 11.7 Å². The van der Waals surface area contributed by atoms with Crippen LogP contribution in [0.2, 0.25) is 0 Å². The lowest BCUT2D eigenvalue weighted by molar-refractivity contribution is 0.502. The third-order valence-corrected chi connectivity index (χ3v) is 3.50. The topological polar surface area (TPSA) is 52.7 Å². The number of fused-ring (bicyclic) bond motifs is 1. The molecule has 0 radical (unpaired) electrons. The van der Waals surface area contributed by atoms with Gasteiger partial charge in [0.05, 0.1) is 30.4 Å². The van der Waals surface area contributed by atoms with Gasteiger partial charge in [0, 0.05) is 12.7 Å². The van der Waals surface area contributed by atoms with Crippen molar-refractivity contribution in [2.45, 2.75) is 26.9 Å². The highest BCUT2D eigenvalue weighted by atomic mass is 19.1. The molecule has 6 heteroatoms. The smallest absolute Gasteiger partial charge is 0.264 e. The Labute approximate surface area is 127 Å². The van der Waals surface area contributed by atoms with Crippen LogP contribution < -0.4 is 5.56 Å². The summed E-state index contributed by atoms with van der Waals surface area (Å²) in [6.07, 6.45) is 4.92. The van der Waals surface area contributed by atoms with Crippen molar-refractivity contribution in [3.05, 3.63) is 58.9 Å². The molecule has 0 saturated carbocycles. The Kier molecular flexibility index (Phi) is 3.75. The van der Waals surface area contributed by atoms with E-state index in [9.17, 15) is 9.18 Å². The van der Waals surface area contributed by atoms with Gasteiger partial charge in [-0.25, -0.2) is 14.4 Å². The van der Waals surface area contributed by atoms with E-state index in [-0.39, 0.29) is 10.9 Å². The van der Waals surface area contributed by atoms with Crippen molar-refractivity contribution in [3.63, 3.8) is 0 Å². The summed E-state index contributed by atoms with van der Waals surface area (Å²) in [7, 11) is 0. The van der Waals surface area contributed by atoms with Crippen LogP contribution in [-0.2, 0) is 13.1 Å². The lowest BCUT2D eigenvalue weighted by Gasteiger charge is -2.12. The minimum atomic E-state index is -0.542. The molecule has 0 aliphatic heterocycles. The fraction of sp³-hybridized carbons (Fsp3) is 0.312. The van der Waals surface area contributed by atoms with Crippen LogP contribution in [0.3, 0.4) is 0 Å². The molecule has 0 unspecified atom stereocenters. The second-order valence-electron chi connectivity index (χ2n) is 5.74. The van der Waals surface area contributed by atoms with Crippen molar-refractivity contribution < 1.29 is 4.39 Å². The van der Waals surface area contributed by atoms with E-state index >= 15 is 0 Å². The molecule has 0 spiro atoms. The van der Waals surface area contributed by atoms with Crippen molar-refractivity contribution in [1.29, 1.82) is 0 Å². The van der Waals surface area contributed by atoms with Crippen LogP contribution in [0.25, 0.3) is 10.9 Å². The number of halogens is 1. The molecule has 0 aliphatic carbocycles. The van der Waals surface area contributed by atoms with E-state index in [0.717, 1.165) is 12.2 Å². The normalized spacial score (nSPS) is 11.5. The largest absolute Gasteiger partial charge is 0.333 e. The standard InChI is InChI=1S/C16H17FN4O/c1-11(2)7-20-9-18-6-12(20)8-21-10-19-14-5-3-4-13(17)15(14)16(21)22/h3-6,9-11H,7-8H2,1-2H3. The number of hydrogen-bond acceptors (Lipinski definition) is 3. The Bertz CT molecular complexity index is 866. The van der Waals surface area contributed by atoms with E-state index in [2.05, 4.69) is 23.8 Å². The molecule has 2 heterocycles.